The molecule has 6 heteroatoms. The highest BCUT2D eigenvalue weighted by atomic mass is 16.5. The van der Waals surface area contributed by atoms with Crippen LogP contribution in [0.25, 0.3) is 0 Å². The van der Waals surface area contributed by atoms with E-state index in [-0.39, 0.29) is 11.8 Å². The van der Waals surface area contributed by atoms with Crippen LogP contribution in [0.3, 0.4) is 0 Å². The van der Waals surface area contributed by atoms with E-state index in [9.17, 15) is 9.59 Å². The Morgan fingerprint density at radius 1 is 1.53 bits per heavy atom. The van der Waals surface area contributed by atoms with Crippen LogP contribution in [0.2, 0.25) is 0 Å². The molecule has 19 heavy (non-hydrogen) atoms. The number of nitrogens with one attached hydrogen (secondary N) is 1. The van der Waals surface area contributed by atoms with Crippen molar-refractivity contribution >= 4 is 11.8 Å². The van der Waals surface area contributed by atoms with Crippen molar-refractivity contribution in [3.05, 3.63) is 18.0 Å². The van der Waals surface area contributed by atoms with E-state index < -0.39 is 6.04 Å². The Morgan fingerprint density at radius 3 is 2.95 bits per heavy atom. The second-order valence-corrected chi connectivity index (χ2v) is 5.24. The first-order chi connectivity index (χ1) is 9.06. The first kappa shape index (κ1) is 13.6. The molecular formula is C13H19N3O3. The Morgan fingerprint density at radius 2 is 2.32 bits per heavy atom. The Hall–Kier alpha value is -1.85. The molecule has 0 bridgehead atoms. The maximum absolute atomic E-state index is 12.4. The van der Waals surface area contributed by atoms with Crippen LogP contribution in [0, 0.1) is 5.92 Å². The number of aromatic nitrogens is 1. The summed E-state index contributed by atoms with van der Waals surface area (Å²) in [5, 5.41) is 6.42. The van der Waals surface area contributed by atoms with E-state index in [2.05, 4.69) is 10.5 Å². The lowest BCUT2D eigenvalue weighted by Gasteiger charge is -2.23. The molecule has 2 amide bonds. The van der Waals surface area contributed by atoms with Gasteiger partial charge in [0.05, 0.1) is 12.7 Å². The van der Waals surface area contributed by atoms with Gasteiger partial charge in [-0.2, -0.15) is 0 Å². The number of rotatable bonds is 4. The lowest BCUT2D eigenvalue weighted by atomic mass is 10.0. The highest BCUT2D eigenvalue weighted by Gasteiger charge is 2.30. The molecule has 1 N–H and O–H groups in total. The second-order valence-electron chi connectivity index (χ2n) is 5.24. The first-order valence-electron chi connectivity index (χ1n) is 6.54. The van der Waals surface area contributed by atoms with Crippen LogP contribution in [-0.2, 0) is 16.1 Å². The normalized spacial score (nSPS) is 20.6. The maximum Gasteiger partial charge on any atom is 0.245 e. The van der Waals surface area contributed by atoms with Crippen molar-refractivity contribution in [2.45, 2.75) is 39.3 Å². The van der Waals surface area contributed by atoms with Gasteiger partial charge in [0.2, 0.25) is 11.8 Å². The fraction of sp³-hybridized carbons (Fsp3) is 0.615. The van der Waals surface area contributed by atoms with E-state index in [4.69, 9.17) is 4.52 Å². The van der Waals surface area contributed by atoms with Crippen LogP contribution in [-0.4, -0.2) is 34.5 Å². The van der Waals surface area contributed by atoms with Crippen molar-refractivity contribution in [3.63, 3.8) is 0 Å². The molecule has 1 atom stereocenters. The molecule has 1 unspecified atom stereocenters. The summed E-state index contributed by atoms with van der Waals surface area (Å²) in [4.78, 5) is 25.7. The molecule has 1 aromatic heterocycles. The SMILES string of the molecule is CC(C)CC1NC(=O)CCN(Cc2ccno2)C1=O. The van der Waals surface area contributed by atoms with Crippen LogP contribution < -0.4 is 5.32 Å². The summed E-state index contributed by atoms with van der Waals surface area (Å²) < 4.78 is 5.02. The van der Waals surface area contributed by atoms with Crippen molar-refractivity contribution in [3.8, 4) is 0 Å². The molecule has 2 heterocycles. The fourth-order valence-corrected chi connectivity index (χ4v) is 2.20. The van der Waals surface area contributed by atoms with Gasteiger partial charge < -0.3 is 14.7 Å². The molecule has 0 spiro atoms. The Balaban J connectivity index is 2.09. The molecule has 6 nitrogen and oxygen atoms in total. The zero-order chi connectivity index (χ0) is 13.8. The van der Waals surface area contributed by atoms with Crippen molar-refractivity contribution in [2.24, 2.45) is 5.92 Å². The summed E-state index contributed by atoms with van der Waals surface area (Å²) in [5.74, 6) is 0.862. The minimum Gasteiger partial charge on any atom is -0.360 e. The largest absolute Gasteiger partial charge is 0.360 e. The minimum absolute atomic E-state index is 0.0454. The van der Waals surface area contributed by atoms with Gasteiger partial charge in [0, 0.05) is 19.0 Å². The Bertz CT molecular complexity index is 442. The predicted octanol–water partition coefficient (Wildman–Crippen LogP) is 0.938. The van der Waals surface area contributed by atoms with E-state index >= 15 is 0 Å². The van der Waals surface area contributed by atoms with Crippen LogP contribution in [0.15, 0.2) is 16.8 Å². The minimum atomic E-state index is -0.432. The second kappa shape index (κ2) is 5.86. The molecule has 0 aliphatic carbocycles. The standard InChI is InChI=1S/C13H19N3O3/c1-9(2)7-11-13(18)16(6-4-12(17)15-11)8-10-3-5-14-19-10/h3,5,9,11H,4,6-8H2,1-2H3,(H,15,17). The fourth-order valence-electron chi connectivity index (χ4n) is 2.20. The van der Waals surface area contributed by atoms with Gasteiger partial charge in [-0.3, -0.25) is 9.59 Å². The third-order valence-electron chi connectivity index (χ3n) is 3.10. The lowest BCUT2D eigenvalue weighted by molar-refractivity contribution is -0.134. The number of hydrogen-bond acceptors (Lipinski definition) is 4. The molecule has 1 fully saturated rings. The summed E-state index contributed by atoms with van der Waals surface area (Å²) in [6.45, 7) is 4.85. The molecule has 0 radical (unpaired) electrons. The predicted molar refractivity (Wildman–Crippen MR) is 67.9 cm³/mol. The van der Waals surface area contributed by atoms with Crippen LogP contribution >= 0.6 is 0 Å². The molecule has 1 aliphatic rings. The van der Waals surface area contributed by atoms with Crippen LogP contribution in [0.4, 0.5) is 0 Å². The monoisotopic (exact) mass is 265 g/mol. The molecule has 1 aromatic rings. The topological polar surface area (TPSA) is 75.4 Å². The number of amides is 2. The summed E-state index contributed by atoms with van der Waals surface area (Å²) in [6.07, 6.45) is 2.53. The molecule has 104 valence electrons. The first-order valence-corrected chi connectivity index (χ1v) is 6.54. The van der Waals surface area contributed by atoms with Gasteiger partial charge in [-0.05, 0) is 12.3 Å². The van der Waals surface area contributed by atoms with Gasteiger partial charge in [0.1, 0.15) is 6.04 Å². The van der Waals surface area contributed by atoms with Gasteiger partial charge in [-0.1, -0.05) is 19.0 Å². The highest BCUT2D eigenvalue weighted by molar-refractivity contribution is 5.89. The van der Waals surface area contributed by atoms with Crippen LogP contribution in [0.5, 0.6) is 0 Å². The number of carbonyl (C=O) groups is 2. The van der Waals surface area contributed by atoms with Gasteiger partial charge in [-0.25, -0.2) is 0 Å². The smallest absolute Gasteiger partial charge is 0.245 e. The number of carbonyl (C=O) groups excluding carboxylic acids is 2. The number of nitrogens with zero attached hydrogens (tertiary/aromatic N) is 2. The molecule has 1 aliphatic heterocycles. The average Bonchev–Trinajstić information content (AvgIpc) is 2.80. The molecule has 2 rings (SSSR count). The van der Waals surface area contributed by atoms with Gasteiger partial charge >= 0.3 is 0 Å². The van der Waals surface area contributed by atoms with E-state index in [1.54, 1.807) is 17.2 Å². The maximum atomic E-state index is 12.4. The van der Waals surface area contributed by atoms with Gasteiger partial charge in [0.15, 0.2) is 5.76 Å². The van der Waals surface area contributed by atoms with Crippen molar-refractivity contribution in [2.75, 3.05) is 6.54 Å². The third-order valence-corrected chi connectivity index (χ3v) is 3.10. The number of hydrogen-bond donors (Lipinski definition) is 1. The average molecular weight is 265 g/mol. The summed E-state index contributed by atoms with van der Waals surface area (Å²) >= 11 is 0. The van der Waals surface area contributed by atoms with E-state index in [1.165, 1.54) is 0 Å². The van der Waals surface area contributed by atoms with Gasteiger partial charge in [-0.15, -0.1) is 0 Å². The van der Waals surface area contributed by atoms with E-state index in [0.29, 0.717) is 37.6 Å². The third kappa shape index (κ3) is 3.56. The molecule has 1 saturated heterocycles. The van der Waals surface area contributed by atoms with E-state index in [0.717, 1.165) is 0 Å². The Labute approximate surface area is 112 Å². The van der Waals surface area contributed by atoms with Crippen molar-refractivity contribution < 1.29 is 14.1 Å². The molecule has 0 saturated carbocycles. The summed E-state index contributed by atoms with van der Waals surface area (Å²) in [5.41, 5.74) is 0. The summed E-state index contributed by atoms with van der Waals surface area (Å²) in [7, 11) is 0. The van der Waals surface area contributed by atoms with Crippen molar-refractivity contribution in [1.29, 1.82) is 0 Å². The van der Waals surface area contributed by atoms with Crippen LogP contribution in [0.1, 0.15) is 32.4 Å². The molecular weight excluding hydrogens is 246 g/mol. The molecule has 0 aromatic carbocycles. The Kier molecular flexibility index (Phi) is 4.19. The quantitative estimate of drug-likeness (QED) is 0.879. The van der Waals surface area contributed by atoms with Crippen molar-refractivity contribution in [1.82, 2.24) is 15.4 Å². The van der Waals surface area contributed by atoms with Gasteiger partial charge in [0.25, 0.3) is 0 Å². The zero-order valence-corrected chi connectivity index (χ0v) is 11.3. The summed E-state index contributed by atoms with van der Waals surface area (Å²) in [6, 6.07) is 1.29. The van der Waals surface area contributed by atoms with E-state index in [1.807, 2.05) is 13.8 Å². The highest BCUT2D eigenvalue weighted by Crippen LogP contribution is 2.14. The lowest BCUT2D eigenvalue weighted by Crippen LogP contribution is -2.45. The zero-order valence-electron chi connectivity index (χ0n) is 11.3.